The van der Waals surface area contributed by atoms with Crippen LogP contribution >= 0.6 is 12.6 Å². The molecule has 0 amide bonds. The van der Waals surface area contributed by atoms with E-state index in [2.05, 4.69) is 12.6 Å². The highest BCUT2D eigenvalue weighted by Gasteiger charge is 2.52. The summed E-state index contributed by atoms with van der Waals surface area (Å²) in [5, 5.41) is 0. The van der Waals surface area contributed by atoms with Gasteiger partial charge in [0.15, 0.2) is 5.78 Å². The number of benzene rings is 1. The predicted molar refractivity (Wildman–Crippen MR) is 99.0 cm³/mol. The van der Waals surface area contributed by atoms with E-state index in [9.17, 15) is 4.79 Å². The third-order valence-corrected chi connectivity index (χ3v) is 4.99. The largest absolute Gasteiger partial charge is 0.491 e. The first-order chi connectivity index (χ1) is 10.7. The fourth-order valence-electron chi connectivity index (χ4n) is 2.40. The first-order valence-corrected chi connectivity index (χ1v) is 8.63. The van der Waals surface area contributed by atoms with Crippen molar-refractivity contribution in [1.29, 1.82) is 0 Å². The number of rotatable bonds is 5. The van der Waals surface area contributed by atoms with Gasteiger partial charge in [-0.05, 0) is 44.8 Å². The van der Waals surface area contributed by atoms with Crippen molar-refractivity contribution in [2.24, 2.45) is 0 Å². The van der Waals surface area contributed by atoms with E-state index in [0.29, 0.717) is 12.2 Å². The fraction of sp³-hybridized carbons (Fsp3) is 0.500. The zero-order valence-corrected chi connectivity index (χ0v) is 15.4. The first kappa shape index (κ1) is 18.3. The maximum Gasteiger partial charge on any atom is 0.491 e. The summed E-state index contributed by atoms with van der Waals surface area (Å²) in [7, 11) is -0.414. The molecule has 2 rings (SSSR count). The Hall–Kier alpha value is -1.04. The lowest BCUT2D eigenvalue weighted by molar-refractivity contribution is 0.00578. The molecule has 0 N–H and O–H groups in total. The Balaban J connectivity index is 2.28. The van der Waals surface area contributed by atoms with Crippen LogP contribution in [0.25, 0.3) is 6.08 Å². The highest BCUT2D eigenvalue weighted by Crippen LogP contribution is 2.39. The molecule has 0 bridgehead atoms. The van der Waals surface area contributed by atoms with Crippen molar-refractivity contribution >= 4 is 31.6 Å². The van der Waals surface area contributed by atoms with Crippen molar-refractivity contribution in [1.82, 2.24) is 0 Å². The zero-order valence-electron chi connectivity index (χ0n) is 14.6. The minimum atomic E-state index is -0.414. The Bertz CT molecular complexity index is 606. The second kappa shape index (κ2) is 6.84. The van der Waals surface area contributed by atoms with Crippen LogP contribution in [0.5, 0.6) is 0 Å². The van der Waals surface area contributed by atoms with E-state index in [1.165, 1.54) is 0 Å². The molecule has 1 aliphatic heterocycles. The number of Topliss-reactive ketones (excluding diaryl/α,β-unsaturated/α-hetero) is 1. The normalized spacial score (nSPS) is 19.9. The van der Waals surface area contributed by atoms with Crippen LogP contribution in [0.1, 0.15) is 57.0 Å². The maximum atomic E-state index is 11.9. The van der Waals surface area contributed by atoms with Crippen molar-refractivity contribution in [3.8, 4) is 0 Å². The number of thiol groups is 1. The number of hydrogen-bond acceptors (Lipinski definition) is 4. The van der Waals surface area contributed by atoms with Gasteiger partial charge < -0.3 is 9.31 Å². The molecule has 0 spiro atoms. The molecule has 1 aromatic rings. The van der Waals surface area contributed by atoms with Gasteiger partial charge in [-0.2, -0.15) is 12.6 Å². The third-order valence-electron chi connectivity index (χ3n) is 4.62. The Morgan fingerprint density at radius 1 is 1.22 bits per heavy atom. The van der Waals surface area contributed by atoms with Gasteiger partial charge in [-0.3, -0.25) is 4.79 Å². The van der Waals surface area contributed by atoms with Crippen LogP contribution in [0, 0.1) is 0 Å². The molecular weight excluding hydrogens is 307 g/mol. The molecule has 1 saturated heterocycles. The van der Waals surface area contributed by atoms with Crippen LogP contribution in [0.15, 0.2) is 29.7 Å². The monoisotopic (exact) mass is 332 g/mol. The van der Waals surface area contributed by atoms with Gasteiger partial charge in [-0.15, -0.1) is 0 Å². The quantitative estimate of drug-likeness (QED) is 0.498. The molecule has 0 atom stereocenters. The van der Waals surface area contributed by atoms with Gasteiger partial charge in [0.2, 0.25) is 0 Å². The molecule has 1 aliphatic rings. The van der Waals surface area contributed by atoms with E-state index in [4.69, 9.17) is 9.31 Å². The Morgan fingerprint density at radius 2 is 1.83 bits per heavy atom. The van der Waals surface area contributed by atoms with Gasteiger partial charge in [-0.25, -0.2) is 0 Å². The van der Waals surface area contributed by atoms with Gasteiger partial charge >= 0.3 is 7.12 Å². The van der Waals surface area contributed by atoms with Crippen LogP contribution in [0.3, 0.4) is 0 Å². The SMILES string of the molecule is CCC(=O)c1cccc(C=C(CS)B2OC(C)(C)C(C)(C)O2)c1. The molecule has 1 fully saturated rings. The number of hydrogen-bond donors (Lipinski definition) is 1. The van der Waals surface area contributed by atoms with Gasteiger partial charge in [-0.1, -0.05) is 31.2 Å². The first-order valence-electron chi connectivity index (χ1n) is 8.00. The number of ketones is 1. The summed E-state index contributed by atoms with van der Waals surface area (Å²) < 4.78 is 12.2. The van der Waals surface area contributed by atoms with Crippen LogP contribution in [0.2, 0.25) is 0 Å². The summed E-state index contributed by atoms with van der Waals surface area (Å²) in [6, 6.07) is 7.62. The summed E-state index contributed by atoms with van der Waals surface area (Å²) in [5.74, 6) is 0.672. The van der Waals surface area contributed by atoms with Crippen LogP contribution in [-0.2, 0) is 9.31 Å². The molecule has 0 unspecified atom stereocenters. The Morgan fingerprint density at radius 3 is 2.35 bits per heavy atom. The molecular formula is C18H25BO3S. The standard InChI is InChI=1S/C18H25BO3S/c1-6-16(20)14-9-7-8-13(10-14)11-15(12-23)19-21-17(2,3)18(4,5)22-19/h7-11,23H,6,12H2,1-5H3. The molecule has 0 saturated carbocycles. The summed E-state index contributed by atoms with van der Waals surface area (Å²) >= 11 is 4.42. The van der Waals surface area contributed by atoms with E-state index in [-0.39, 0.29) is 17.0 Å². The van der Waals surface area contributed by atoms with Crippen molar-refractivity contribution in [2.75, 3.05) is 5.75 Å². The highest BCUT2D eigenvalue weighted by molar-refractivity contribution is 7.80. The van der Waals surface area contributed by atoms with Crippen molar-refractivity contribution in [2.45, 2.75) is 52.2 Å². The molecule has 3 nitrogen and oxygen atoms in total. The van der Waals surface area contributed by atoms with Gasteiger partial charge in [0.05, 0.1) is 11.2 Å². The molecule has 0 aliphatic carbocycles. The van der Waals surface area contributed by atoms with Crippen molar-refractivity contribution in [3.05, 3.63) is 40.9 Å². The van der Waals surface area contributed by atoms with E-state index >= 15 is 0 Å². The van der Waals surface area contributed by atoms with Crippen LogP contribution in [-0.4, -0.2) is 29.9 Å². The van der Waals surface area contributed by atoms with Gasteiger partial charge in [0.1, 0.15) is 0 Å². The summed E-state index contributed by atoms with van der Waals surface area (Å²) in [6.45, 7) is 10.00. The minimum Gasteiger partial charge on any atom is -0.400 e. The summed E-state index contributed by atoms with van der Waals surface area (Å²) in [6.07, 6.45) is 2.51. The lowest BCUT2D eigenvalue weighted by atomic mass is 9.78. The van der Waals surface area contributed by atoms with Gasteiger partial charge in [0, 0.05) is 17.7 Å². The number of carbonyl (C=O) groups excluding carboxylic acids is 1. The Labute approximate surface area is 145 Å². The van der Waals surface area contributed by atoms with E-state index in [1.54, 1.807) is 0 Å². The third kappa shape index (κ3) is 3.90. The van der Waals surface area contributed by atoms with Crippen molar-refractivity contribution in [3.63, 3.8) is 0 Å². The molecule has 0 aromatic heterocycles. The van der Waals surface area contributed by atoms with Gasteiger partial charge in [0.25, 0.3) is 0 Å². The lowest BCUT2D eigenvalue weighted by Gasteiger charge is -2.32. The van der Waals surface area contributed by atoms with Crippen LogP contribution in [0.4, 0.5) is 0 Å². The van der Waals surface area contributed by atoms with E-state index in [1.807, 2.05) is 65.0 Å². The second-order valence-electron chi connectivity index (χ2n) is 6.87. The molecule has 124 valence electrons. The Kier molecular flexibility index (Phi) is 5.44. The average Bonchev–Trinajstić information content (AvgIpc) is 2.72. The topological polar surface area (TPSA) is 35.5 Å². The van der Waals surface area contributed by atoms with E-state index < -0.39 is 7.12 Å². The minimum absolute atomic E-state index is 0.142. The lowest BCUT2D eigenvalue weighted by Crippen LogP contribution is -2.41. The average molecular weight is 332 g/mol. The molecule has 1 aromatic carbocycles. The van der Waals surface area contributed by atoms with Crippen molar-refractivity contribution < 1.29 is 14.1 Å². The van der Waals surface area contributed by atoms with E-state index in [0.717, 1.165) is 16.6 Å². The molecule has 23 heavy (non-hydrogen) atoms. The van der Waals surface area contributed by atoms with Crippen LogP contribution < -0.4 is 0 Å². The smallest absolute Gasteiger partial charge is 0.400 e. The predicted octanol–water partition coefficient (Wildman–Crippen LogP) is 4.22. The highest BCUT2D eigenvalue weighted by atomic mass is 32.1. The fourth-order valence-corrected chi connectivity index (χ4v) is 2.64. The number of carbonyl (C=O) groups is 1. The zero-order chi connectivity index (χ0) is 17.3. The molecule has 1 heterocycles. The summed E-state index contributed by atoms with van der Waals surface area (Å²) in [5.41, 5.74) is 1.89. The molecule has 0 radical (unpaired) electrons. The second-order valence-corrected chi connectivity index (χ2v) is 7.18. The molecule has 5 heteroatoms. The summed E-state index contributed by atoms with van der Waals surface area (Å²) in [4.78, 5) is 11.9. The maximum absolute atomic E-state index is 11.9.